The fourth-order valence-electron chi connectivity index (χ4n) is 2.19. The number of benzene rings is 1. The Labute approximate surface area is 90.2 Å². The zero-order valence-electron chi connectivity index (χ0n) is 9.25. The second-order valence-electron chi connectivity index (χ2n) is 3.90. The van der Waals surface area contributed by atoms with Crippen LogP contribution in [-0.2, 0) is 6.42 Å². The maximum atomic E-state index is 6.08. The molecule has 0 aromatic heterocycles. The van der Waals surface area contributed by atoms with Gasteiger partial charge in [-0.25, -0.2) is 0 Å². The summed E-state index contributed by atoms with van der Waals surface area (Å²) in [6, 6.07) is 4.08. The third-order valence-electron chi connectivity index (χ3n) is 3.01. The Morgan fingerprint density at radius 3 is 2.73 bits per heavy atom. The van der Waals surface area contributed by atoms with Crippen LogP contribution in [0.4, 0.5) is 0 Å². The van der Waals surface area contributed by atoms with Crippen molar-refractivity contribution in [2.45, 2.75) is 25.3 Å². The molecule has 1 aromatic carbocycles. The average molecular weight is 207 g/mol. The molecule has 0 saturated carbocycles. The number of hydrogen-bond acceptors (Lipinski definition) is 3. The molecule has 2 rings (SSSR count). The Kier molecular flexibility index (Phi) is 2.82. The first-order valence-corrected chi connectivity index (χ1v) is 5.26. The minimum atomic E-state index is 0.123. The van der Waals surface area contributed by atoms with Crippen molar-refractivity contribution in [1.29, 1.82) is 0 Å². The van der Waals surface area contributed by atoms with E-state index < -0.39 is 0 Å². The van der Waals surface area contributed by atoms with Gasteiger partial charge in [-0.3, -0.25) is 0 Å². The van der Waals surface area contributed by atoms with Crippen LogP contribution < -0.4 is 15.2 Å². The van der Waals surface area contributed by atoms with Gasteiger partial charge in [0, 0.05) is 12.1 Å². The van der Waals surface area contributed by atoms with Gasteiger partial charge in [0.05, 0.1) is 14.2 Å². The van der Waals surface area contributed by atoms with Crippen LogP contribution in [-0.4, -0.2) is 14.2 Å². The van der Waals surface area contributed by atoms with Gasteiger partial charge < -0.3 is 15.2 Å². The molecule has 0 amide bonds. The standard InChI is InChI=1S/C12H17NO2/c1-14-8-6-10-9(12(7-8)15-2)4-3-5-11(10)13/h6-7,11H,3-5,13H2,1-2H3/t11-/m0/s1. The number of nitrogens with two attached hydrogens (primary N) is 1. The van der Waals surface area contributed by atoms with E-state index in [9.17, 15) is 0 Å². The Hall–Kier alpha value is -1.22. The summed E-state index contributed by atoms with van der Waals surface area (Å²) < 4.78 is 10.6. The predicted molar refractivity (Wildman–Crippen MR) is 59.4 cm³/mol. The van der Waals surface area contributed by atoms with Crippen LogP contribution in [0.25, 0.3) is 0 Å². The van der Waals surface area contributed by atoms with E-state index in [0.29, 0.717) is 0 Å². The van der Waals surface area contributed by atoms with E-state index in [0.717, 1.165) is 30.8 Å². The van der Waals surface area contributed by atoms with Crippen LogP contribution in [0, 0.1) is 0 Å². The van der Waals surface area contributed by atoms with Crippen molar-refractivity contribution in [2.75, 3.05) is 14.2 Å². The van der Waals surface area contributed by atoms with Crippen LogP contribution >= 0.6 is 0 Å². The lowest BCUT2D eigenvalue weighted by atomic mass is 9.87. The van der Waals surface area contributed by atoms with Crippen LogP contribution in [0.15, 0.2) is 12.1 Å². The summed E-state index contributed by atoms with van der Waals surface area (Å²) in [7, 11) is 3.35. The van der Waals surface area contributed by atoms with Crippen molar-refractivity contribution in [1.82, 2.24) is 0 Å². The van der Waals surface area contributed by atoms with Crippen LogP contribution in [0.1, 0.15) is 30.0 Å². The molecule has 2 N–H and O–H groups in total. The molecule has 0 heterocycles. The van der Waals surface area contributed by atoms with Gasteiger partial charge >= 0.3 is 0 Å². The zero-order valence-corrected chi connectivity index (χ0v) is 9.25. The zero-order chi connectivity index (χ0) is 10.8. The van der Waals surface area contributed by atoms with E-state index in [4.69, 9.17) is 15.2 Å². The number of hydrogen-bond donors (Lipinski definition) is 1. The highest BCUT2D eigenvalue weighted by atomic mass is 16.5. The summed E-state index contributed by atoms with van der Waals surface area (Å²) in [6.07, 6.45) is 3.23. The summed E-state index contributed by atoms with van der Waals surface area (Å²) in [5.41, 5.74) is 8.51. The first-order valence-electron chi connectivity index (χ1n) is 5.26. The minimum absolute atomic E-state index is 0.123. The number of fused-ring (bicyclic) bond motifs is 1. The summed E-state index contributed by atoms with van der Waals surface area (Å²) in [6.45, 7) is 0. The predicted octanol–water partition coefficient (Wildman–Crippen LogP) is 2.04. The van der Waals surface area contributed by atoms with Crippen LogP contribution in [0.3, 0.4) is 0 Å². The van der Waals surface area contributed by atoms with E-state index in [1.807, 2.05) is 12.1 Å². The smallest absolute Gasteiger partial charge is 0.126 e. The van der Waals surface area contributed by atoms with E-state index in [1.54, 1.807) is 14.2 Å². The third-order valence-corrected chi connectivity index (χ3v) is 3.01. The molecule has 3 heteroatoms. The molecular formula is C12H17NO2. The minimum Gasteiger partial charge on any atom is -0.497 e. The molecule has 1 aliphatic rings. The van der Waals surface area contributed by atoms with Crippen molar-refractivity contribution in [3.63, 3.8) is 0 Å². The summed E-state index contributed by atoms with van der Waals surface area (Å²) in [5.74, 6) is 1.72. The quantitative estimate of drug-likeness (QED) is 0.807. The summed E-state index contributed by atoms with van der Waals surface area (Å²) in [5, 5.41) is 0. The van der Waals surface area contributed by atoms with Crippen LogP contribution in [0.2, 0.25) is 0 Å². The third kappa shape index (κ3) is 1.79. The highest BCUT2D eigenvalue weighted by Gasteiger charge is 2.21. The van der Waals surface area contributed by atoms with E-state index in [1.165, 1.54) is 11.1 Å². The number of methoxy groups -OCH3 is 2. The van der Waals surface area contributed by atoms with Crippen molar-refractivity contribution in [3.8, 4) is 11.5 Å². The molecule has 0 spiro atoms. The highest BCUT2D eigenvalue weighted by molar-refractivity contribution is 5.49. The SMILES string of the molecule is COc1cc(OC)c2c(c1)[C@@H](N)CCC2. The lowest BCUT2D eigenvalue weighted by Gasteiger charge is -2.24. The fourth-order valence-corrected chi connectivity index (χ4v) is 2.19. The summed E-state index contributed by atoms with van der Waals surface area (Å²) >= 11 is 0. The molecule has 1 aliphatic carbocycles. The molecule has 3 nitrogen and oxygen atoms in total. The molecule has 82 valence electrons. The van der Waals surface area contributed by atoms with Gasteiger partial charge in [0.1, 0.15) is 11.5 Å². The van der Waals surface area contributed by atoms with Gasteiger partial charge in [-0.1, -0.05) is 0 Å². The fraction of sp³-hybridized carbons (Fsp3) is 0.500. The lowest BCUT2D eigenvalue weighted by Crippen LogP contribution is -2.18. The van der Waals surface area contributed by atoms with E-state index in [-0.39, 0.29) is 6.04 Å². The molecule has 1 aromatic rings. The van der Waals surface area contributed by atoms with Gasteiger partial charge in [-0.2, -0.15) is 0 Å². The van der Waals surface area contributed by atoms with Crippen molar-refractivity contribution >= 4 is 0 Å². The van der Waals surface area contributed by atoms with Gasteiger partial charge in [-0.15, -0.1) is 0 Å². The highest BCUT2D eigenvalue weighted by Crippen LogP contribution is 2.37. The molecule has 0 fully saturated rings. The largest absolute Gasteiger partial charge is 0.497 e. The normalized spacial score (nSPS) is 19.5. The maximum Gasteiger partial charge on any atom is 0.126 e. The van der Waals surface area contributed by atoms with Gasteiger partial charge in [0.15, 0.2) is 0 Å². The van der Waals surface area contributed by atoms with E-state index >= 15 is 0 Å². The number of ether oxygens (including phenoxy) is 2. The van der Waals surface area contributed by atoms with Crippen LogP contribution in [0.5, 0.6) is 11.5 Å². The molecule has 0 aliphatic heterocycles. The van der Waals surface area contributed by atoms with Crippen molar-refractivity contribution < 1.29 is 9.47 Å². The van der Waals surface area contributed by atoms with Gasteiger partial charge in [0.2, 0.25) is 0 Å². The second kappa shape index (κ2) is 4.11. The van der Waals surface area contributed by atoms with Gasteiger partial charge in [0.25, 0.3) is 0 Å². The molecule has 0 unspecified atom stereocenters. The Balaban J connectivity index is 2.52. The maximum absolute atomic E-state index is 6.08. The Morgan fingerprint density at radius 1 is 1.27 bits per heavy atom. The molecular weight excluding hydrogens is 190 g/mol. The van der Waals surface area contributed by atoms with Crippen molar-refractivity contribution in [2.24, 2.45) is 5.73 Å². The molecule has 15 heavy (non-hydrogen) atoms. The summed E-state index contributed by atoms with van der Waals surface area (Å²) in [4.78, 5) is 0. The lowest BCUT2D eigenvalue weighted by molar-refractivity contribution is 0.384. The monoisotopic (exact) mass is 207 g/mol. The topological polar surface area (TPSA) is 44.5 Å². The Bertz CT molecular complexity index is 363. The van der Waals surface area contributed by atoms with E-state index in [2.05, 4.69) is 0 Å². The average Bonchev–Trinajstić information content (AvgIpc) is 2.28. The van der Waals surface area contributed by atoms with Crippen molar-refractivity contribution in [3.05, 3.63) is 23.3 Å². The first kappa shape index (κ1) is 10.3. The molecule has 0 saturated heterocycles. The number of rotatable bonds is 2. The van der Waals surface area contributed by atoms with Gasteiger partial charge in [-0.05, 0) is 36.5 Å². The molecule has 1 atom stereocenters. The second-order valence-corrected chi connectivity index (χ2v) is 3.90. The molecule has 0 bridgehead atoms. The Morgan fingerprint density at radius 2 is 2.07 bits per heavy atom. The first-order chi connectivity index (χ1) is 7.26. The molecule has 0 radical (unpaired) electrons.